The fraction of sp³-hybridized carbons (Fsp3) is 0.550. The average molecular weight is 484 g/mol. The summed E-state index contributed by atoms with van der Waals surface area (Å²) in [4.78, 5) is 16.3. The molecule has 2 aromatic rings. The lowest BCUT2D eigenvalue weighted by Crippen LogP contribution is -2.51. The van der Waals surface area contributed by atoms with Crippen molar-refractivity contribution in [3.63, 3.8) is 0 Å². The standard InChI is InChI=1S/C20H26ClN5O3S2/c1-12-16(22)20(11-29-12)5-8-26(9-6-20)17-19(31(3)27)25-14(10-24-17)30-13-4-7-23-18(28-2)15(13)21/h4,7,10,12,16H,5-6,8-9,11,22H2,1-3H3/t12-,16+,31?/m0/s1. The Morgan fingerprint density at radius 2 is 2.13 bits per heavy atom. The summed E-state index contributed by atoms with van der Waals surface area (Å²) in [5.74, 6) is 1.01. The van der Waals surface area contributed by atoms with Gasteiger partial charge in [0.15, 0.2) is 0 Å². The van der Waals surface area contributed by atoms with E-state index in [1.54, 1.807) is 24.7 Å². The fourth-order valence-corrected chi connectivity index (χ4v) is 5.99. The van der Waals surface area contributed by atoms with E-state index in [4.69, 9.17) is 26.8 Å². The maximum absolute atomic E-state index is 12.5. The minimum Gasteiger partial charge on any atom is -0.610 e. The largest absolute Gasteiger partial charge is 0.610 e. The van der Waals surface area contributed by atoms with Gasteiger partial charge in [-0.25, -0.2) is 9.97 Å². The van der Waals surface area contributed by atoms with Crippen LogP contribution in [0.2, 0.25) is 5.02 Å². The summed E-state index contributed by atoms with van der Waals surface area (Å²) in [5, 5.41) is 1.49. The first-order valence-corrected chi connectivity index (χ1v) is 12.8. The van der Waals surface area contributed by atoms with E-state index in [2.05, 4.69) is 19.9 Å². The van der Waals surface area contributed by atoms with Crippen LogP contribution in [0.4, 0.5) is 5.82 Å². The lowest BCUT2D eigenvalue weighted by Gasteiger charge is -2.41. The number of anilines is 1. The molecule has 0 amide bonds. The summed E-state index contributed by atoms with van der Waals surface area (Å²) in [6, 6.07) is 1.83. The minimum atomic E-state index is -1.29. The maximum Gasteiger partial charge on any atom is 0.288 e. The summed E-state index contributed by atoms with van der Waals surface area (Å²) >= 11 is 6.39. The van der Waals surface area contributed by atoms with Gasteiger partial charge in [0.1, 0.15) is 16.3 Å². The van der Waals surface area contributed by atoms with E-state index in [9.17, 15) is 4.55 Å². The number of ether oxygens (including phenoxy) is 2. The topological polar surface area (TPSA) is 109 Å². The van der Waals surface area contributed by atoms with Crippen LogP contribution < -0.4 is 15.4 Å². The number of nitrogens with zero attached hydrogens (tertiary/aromatic N) is 4. The number of rotatable bonds is 5. The molecule has 1 unspecified atom stereocenters. The quantitative estimate of drug-likeness (QED) is 0.641. The number of hydrogen-bond donors (Lipinski definition) is 1. The molecule has 0 aliphatic carbocycles. The lowest BCUT2D eigenvalue weighted by molar-refractivity contribution is 0.0973. The Morgan fingerprint density at radius 1 is 1.39 bits per heavy atom. The summed E-state index contributed by atoms with van der Waals surface area (Å²) in [5.41, 5.74) is 6.44. The zero-order valence-electron chi connectivity index (χ0n) is 17.7. The van der Waals surface area contributed by atoms with Crippen LogP contribution in [0.3, 0.4) is 0 Å². The molecule has 0 saturated carbocycles. The van der Waals surface area contributed by atoms with Crippen molar-refractivity contribution in [1.82, 2.24) is 15.0 Å². The van der Waals surface area contributed by atoms with Gasteiger partial charge in [-0.2, -0.15) is 4.98 Å². The number of aromatic nitrogens is 3. The highest BCUT2D eigenvalue weighted by molar-refractivity contribution is 7.99. The molecule has 0 bridgehead atoms. The Morgan fingerprint density at radius 3 is 2.74 bits per heavy atom. The molecule has 168 valence electrons. The molecule has 3 atom stereocenters. The molecule has 0 radical (unpaired) electrons. The van der Waals surface area contributed by atoms with Gasteiger partial charge in [-0.1, -0.05) is 23.4 Å². The van der Waals surface area contributed by atoms with Gasteiger partial charge in [-0.15, -0.1) is 0 Å². The van der Waals surface area contributed by atoms with E-state index >= 15 is 0 Å². The van der Waals surface area contributed by atoms with Gasteiger partial charge in [-0.05, 0) is 25.8 Å². The highest BCUT2D eigenvalue weighted by Crippen LogP contribution is 2.43. The van der Waals surface area contributed by atoms with Gasteiger partial charge >= 0.3 is 0 Å². The Balaban J connectivity index is 1.54. The monoisotopic (exact) mass is 483 g/mol. The summed E-state index contributed by atoms with van der Waals surface area (Å²) in [6.45, 7) is 4.30. The van der Waals surface area contributed by atoms with Gasteiger partial charge in [0.25, 0.3) is 5.03 Å². The molecule has 4 rings (SSSR count). The van der Waals surface area contributed by atoms with Crippen LogP contribution in [-0.2, 0) is 15.9 Å². The number of hydrogen-bond acceptors (Lipinski definition) is 9. The number of pyridine rings is 1. The molecule has 31 heavy (non-hydrogen) atoms. The van der Waals surface area contributed by atoms with E-state index in [1.165, 1.54) is 18.9 Å². The van der Waals surface area contributed by atoms with E-state index in [-0.39, 0.29) is 17.6 Å². The predicted octanol–water partition coefficient (Wildman–Crippen LogP) is 2.75. The molecule has 2 N–H and O–H groups in total. The molecule has 11 heteroatoms. The maximum atomic E-state index is 12.5. The van der Waals surface area contributed by atoms with Crippen molar-refractivity contribution >= 4 is 40.4 Å². The molecule has 4 heterocycles. The molecule has 8 nitrogen and oxygen atoms in total. The van der Waals surface area contributed by atoms with Gasteiger partial charge in [0, 0.05) is 46.8 Å². The first-order valence-electron chi connectivity index (χ1n) is 10.0. The second-order valence-corrected chi connectivity index (χ2v) is 10.7. The van der Waals surface area contributed by atoms with Gasteiger partial charge in [-0.3, -0.25) is 0 Å². The van der Waals surface area contributed by atoms with Crippen LogP contribution in [0.15, 0.2) is 33.4 Å². The molecule has 0 aromatic carbocycles. The van der Waals surface area contributed by atoms with Gasteiger partial charge in [0.2, 0.25) is 11.7 Å². The average Bonchev–Trinajstić information content (AvgIpc) is 3.04. The van der Waals surface area contributed by atoms with Crippen LogP contribution in [-0.4, -0.2) is 64.7 Å². The highest BCUT2D eigenvalue weighted by atomic mass is 35.5. The lowest BCUT2D eigenvalue weighted by atomic mass is 9.73. The van der Waals surface area contributed by atoms with Crippen molar-refractivity contribution in [2.24, 2.45) is 11.1 Å². The Labute approximate surface area is 194 Å². The van der Waals surface area contributed by atoms with Crippen molar-refractivity contribution in [2.75, 3.05) is 38.0 Å². The molecule has 2 fully saturated rings. The van der Waals surface area contributed by atoms with Crippen molar-refractivity contribution in [3.8, 4) is 5.88 Å². The third-order valence-corrected chi connectivity index (χ3v) is 8.37. The van der Waals surface area contributed by atoms with E-state index in [0.717, 1.165) is 30.8 Å². The minimum absolute atomic E-state index is 0.0157. The van der Waals surface area contributed by atoms with Gasteiger partial charge < -0.3 is 24.7 Å². The Kier molecular flexibility index (Phi) is 6.85. The highest BCUT2D eigenvalue weighted by Gasteiger charge is 2.48. The van der Waals surface area contributed by atoms with Crippen molar-refractivity contribution in [2.45, 2.75) is 46.9 Å². The smallest absolute Gasteiger partial charge is 0.288 e. The summed E-state index contributed by atoms with van der Waals surface area (Å²) in [7, 11) is 1.52. The van der Waals surface area contributed by atoms with Gasteiger partial charge in [0.05, 0.1) is 26.0 Å². The Hall–Kier alpha value is -1.30. The third kappa shape index (κ3) is 4.46. The molecule has 1 spiro atoms. The zero-order chi connectivity index (χ0) is 22.2. The third-order valence-electron chi connectivity index (χ3n) is 6.11. The fourth-order valence-electron chi connectivity index (χ4n) is 4.19. The second kappa shape index (κ2) is 9.29. The van der Waals surface area contributed by atoms with Crippen LogP contribution in [0.5, 0.6) is 5.88 Å². The van der Waals surface area contributed by atoms with Crippen molar-refractivity contribution < 1.29 is 14.0 Å². The number of methoxy groups -OCH3 is 1. The molecule has 2 saturated heterocycles. The second-order valence-electron chi connectivity index (χ2n) is 7.92. The first-order chi connectivity index (χ1) is 14.8. The van der Waals surface area contributed by atoms with Crippen LogP contribution in [0.25, 0.3) is 0 Å². The zero-order valence-corrected chi connectivity index (χ0v) is 20.1. The van der Waals surface area contributed by atoms with E-state index in [1.807, 2.05) is 6.92 Å². The van der Waals surface area contributed by atoms with Crippen LogP contribution in [0, 0.1) is 5.41 Å². The molecule has 2 aliphatic rings. The van der Waals surface area contributed by atoms with E-state index < -0.39 is 11.2 Å². The van der Waals surface area contributed by atoms with Crippen LogP contribution >= 0.6 is 23.4 Å². The SMILES string of the molecule is COc1nccc(Sc2cnc(N3CCC4(CC3)CO[C@@H](C)[C@H]4N)c([S+](C)[O-])n2)c1Cl. The molecule has 2 aromatic heterocycles. The predicted molar refractivity (Wildman–Crippen MR) is 122 cm³/mol. The van der Waals surface area contributed by atoms with Crippen molar-refractivity contribution in [1.29, 1.82) is 0 Å². The number of halogens is 1. The molecular formula is C20H26ClN5O3S2. The van der Waals surface area contributed by atoms with Crippen molar-refractivity contribution in [3.05, 3.63) is 23.5 Å². The summed E-state index contributed by atoms with van der Waals surface area (Å²) in [6.07, 6.45) is 6.85. The normalized spacial score (nSPS) is 23.9. The first kappa shape index (κ1) is 22.9. The molecular weight excluding hydrogens is 458 g/mol. The molecule has 2 aliphatic heterocycles. The van der Waals surface area contributed by atoms with Crippen LogP contribution in [0.1, 0.15) is 19.8 Å². The Bertz CT molecular complexity index is 943. The summed E-state index contributed by atoms with van der Waals surface area (Å²) < 4.78 is 23.5. The number of nitrogens with two attached hydrogens (primary N) is 1. The number of piperidine rings is 1. The van der Waals surface area contributed by atoms with E-state index in [0.29, 0.717) is 33.4 Å².